The van der Waals surface area contributed by atoms with Gasteiger partial charge in [0.15, 0.2) is 11.5 Å². The predicted octanol–water partition coefficient (Wildman–Crippen LogP) is 1.61. The third-order valence-electron chi connectivity index (χ3n) is 5.85. The van der Waals surface area contributed by atoms with E-state index in [1.54, 1.807) is 4.52 Å². The summed E-state index contributed by atoms with van der Waals surface area (Å²) < 4.78 is 55.5. The lowest BCUT2D eigenvalue weighted by Crippen LogP contribution is -2.34. The molecule has 0 bridgehead atoms. The quantitative estimate of drug-likeness (QED) is 0.621. The van der Waals surface area contributed by atoms with Gasteiger partial charge in [0.25, 0.3) is 0 Å². The average Bonchev–Trinajstić information content (AvgIpc) is 3.34. The van der Waals surface area contributed by atoms with E-state index in [1.165, 1.54) is 4.31 Å². The first-order valence-corrected chi connectivity index (χ1v) is 11.3. The Hall–Kier alpha value is -2.66. The maximum atomic E-state index is 13.4. The molecule has 0 saturated carbocycles. The molecular weight excluding hydrogens is 414 g/mol. The van der Waals surface area contributed by atoms with Gasteiger partial charge < -0.3 is 4.90 Å². The molecule has 2 aliphatic heterocycles. The first-order chi connectivity index (χ1) is 14.3. The van der Waals surface area contributed by atoms with Crippen LogP contribution in [0.25, 0.3) is 5.65 Å². The van der Waals surface area contributed by atoms with Gasteiger partial charge in [-0.1, -0.05) is 0 Å². The lowest BCUT2D eigenvalue weighted by Gasteiger charge is -2.22. The molecule has 2 unspecified atom stereocenters. The van der Waals surface area contributed by atoms with Crippen LogP contribution in [0.2, 0.25) is 0 Å². The monoisotopic (exact) mass is 434 g/mol. The molecule has 30 heavy (non-hydrogen) atoms. The van der Waals surface area contributed by atoms with Gasteiger partial charge in [-0.15, -0.1) is 15.3 Å². The zero-order valence-corrected chi connectivity index (χ0v) is 17.1. The summed E-state index contributed by atoms with van der Waals surface area (Å²) >= 11 is 0. The van der Waals surface area contributed by atoms with Gasteiger partial charge in [0.1, 0.15) is 17.5 Å². The topological polar surface area (TPSA) is 83.7 Å². The van der Waals surface area contributed by atoms with Crippen LogP contribution in [-0.2, 0) is 15.8 Å². The number of benzene rings is 1. The van der Waals surface area contributed by atoms with Crippen LogP contribution in [-0.4, -0.2) is 58.7 Å². The van der Waals surface area contributed by atoms with Crippen molar-refractivity contribution in [2.45, 2.75) is 12.7 Å². The van der Waals surface area contributed by atoms with E-state index >= 15 is 0 Å². The van der Waals surface area contributed by atoms with E-state index in [0.717, 1.165) is 24.0 Å². The molecule has 0 N–H and O–H groups in total. The number of anilines is 1. The first-order valence-electron chi connectivity index (χ1n) is 9.65. The van der Waals surface area contributed by atoms with Crippen molar-refractivity contribution in [2.75, 3.05) is 31.1 Å². The molecule has 2 aromatic heterocycles. The molecule has 2 fully saturated rings. The van der Waals surface area contributed by atoms with Gasteiger partial charge in [-0.25, -0.2) is 21.5 Å². The van der Waals surface area contributed by atoms with Crippen molar-refractivity contribution in [2.24, 2.45) is 11.8 Å². The van der Waals surface area contributed by atoms with Gasteiger partial charge in [-0.05, 0) is 48.6 Å². The summed E-state index contributed by atoms with van der Waals surface area (Å²) in [7, 11) is -3.65. The van der Waals surface area contributed by atoms with Crippen LogP contribution in [0, 0.1) is 30.4 Å². The summed E-state index contributed by atoms with van der Waals surface area (Å²) in [5.74, 6) is -0.0756. The fraction of sp³-hybridized carbons (Fsp3) is 0.421. The van der Waals surface area contributed by atoms with E-state index in [4.69, 9.17) is 0 Å². The molecule has 8 nitrogen and oxygen atoms in total. The molecule has 2 aliphatic rings. The Labute approximate surface area is 172 Å². The highest BCUT2D eigenvalue weighted by atomic mass is 32.2. The van der Waals surface area contributed by atoms with Crippen LogP contribution in [0.5, 0.6) is 0 Å². The fourth-order valence-corrected chi connectivity index (χ4v) is 6.02. The Morgan fingerprint density at radius 3 is 2.33 bits per heavy atom. The molecule has 2 atom stereocenters. The smallest absolute Gasteiger partial charge is 0.218 e. The second-order valence-corrected chi connectivity index (χ2v) is 9.95. The highest BCUT2D eigenvalue weighted by Gasteiger charge is 2.44. The highest BCUT2D eigenvalue weighted by molar-refractivity contribution is 7.88. The van der Waals surface area contributed by atoms with E-state index < -0.39 is 27.4 Å². The number of aromatic nitrogens is 4. The summed E-state index contributed by atoms with van der Waals surface area (Å²) in [6, 6.07) is 6.63. The van der Waals surface area contributed by atoms with Gasteiger partial charge in [0.2, 0.25) is 10.0 Å². The van der Waals surface area contributed by atoms with Crippen LogP contribution < -0.4 is 4.90 Å². The Balaban J connectivity index is 1.28. The molecule has 158 valence electrons. The van der Waals surface area contributed by atoms with E-state index in [1.807, 2.05) is 19.1 Å². The summed E-state index contributed by atoms with van der Waals surface area (Å²) in [6.45, 7) is 4.03. The second kappa shape index (κ2) is 6.95. The minimum absolute atomic E-state index is 0.119. The summed E-state index contributed by atoms with van der Waals surface area (Å²) in [5.41, 5.74) is 0.801. The van der Waals surface area contributed by atoms with Crippen LogP contribution in [0.15, 0.2) is 30.3 Å². The van der Waals surface area contributed by atoms with E-state index in [0.29, 0.717) is 37.7 Å². The Morgan fingerprint density at radius 2 is 1.67 bits per heavy atom. The van der Waals surface area contributed by atoms with Crippen molar-refractivity contribution in [3.63, 3.8) is 0 Å². The number of sulfonamides is 1. The lowest BCUT2D eigenvalue weighted by atomic mass is 10.0. The summed E-state index contributed by atoms with van der Waals surface area (Å²) in [5, 5.41) is 12.7. The zero-order chi connectivity index (χ0) is 21.0. The van der Waals surface area contributed by atoms with Crippen molar-refractivity contribution in [1.29, 1.82) is 0 Å². The van der Waals surface area contributed by atoms with Crippen molar-refractivity contribution < 1.29 is 17.2 Å². The van der Waals surface area contributed by atoms with Crippen molar-refractivity contribution in [3.05, 3.63) is 53.4 Å². The van der Waals surface area contributed by atoms with Gasteiger partial charge >= 0.3 is 0 Å². The molecule has 1 aromatic carbocycles. The number of halogens is 2. The molecule has 0 amide bonds. The Bertz CT molecular complexity index is 1200. The maximum Gasteiger partial charge on any atom is 0.218 e. The van der Waals surface area contributed by atoms with E-state index in [2.05, 4.69) is 20.2 Å². The number of nitrogens with zero attached hydrogens (tertiary/aromatic N) is 6. The third kappa shape index (κ3) is 3.41. The summed E-state index contributed by atoms with van der Waals surface area (Å²) in [4.78, 5) is 2.15. The van der Waals surface area contributed by atoms with Gasteiger partial charge in [-0.3, -0.25) is 0 Å². The SMILES string of the molecule is Cc1nnc2ccc(N3CC4CN(S(=O)(=O)Cc5cc(F)cc(F)c5)CC4C3)nn12. The maximum absolute atomic E-state index is 13.4. The van der Waals surface area contributed by atoms with Crippen LogP contribution in [0.3, 0.4) is 0 Å². The summed E-state index contributed by atoms with van der Waals surface area (Å²) in [6.07, 6.45) is 0. The van der Waals surface area contributed by atoms with Crippen molar-refractivity contribution in [1.82, 2.24) is 24.1 Å². The van der Waals surface area contributed by atoms with Gasteiger partial charge in [0.05, 0.1) is 5.75 Å². The minimum atomic E-state index is -3.65. The van der Waals surface area contributed by atoms with Gasteiger partial charge in [-0.2, -0.15) is 4.52 Å². The van der Waals surface area contributed by atoms with Gasteiger partial charge in [0, 0.05) is 32.2 Å². The van der Waals surface area contributed by atoms with Crippen LogP contribution in [0.1, 0.15) is 11.4 Å². The third-order valence-corrected chi connectivity index (χ3v) is 7.63. The number of hydrogen-bond donors (Lipinski definition) is 0. The van der Waals surface area contributed by atoms with Crippen molar-refractivity contribution >= 4 is 21.5 Å². The largest absolute Gasteiger partial charge is 0.355 e. The molecule has 11 heteroatoms. The van der Waals surface area contributed by atoms with Crippen LogP contribution >= 0.6 is 0 Å². The molecule has 4 heterocycles. The Morgan fingerprint density at radius 1 is 1.00 bits per heavy atom. The van der Waals surface area contributed by atoms with E-state index in [9.17, 15) is 17.2 Å². The second-order valence-electron chi connectivity index (χ2n) is 7.98. The standard InChI is InChI=1S/C19H20F2N6O2S/c1-12-22-23-18-2-3-19(24-27(12)18)25-7-14-9-26(10-15(14)8-25)30(28,29)11-13-4-16(20)6-17(21)5-13/h2-6,14-15H,7-11H2,1H3. The molecule has 3 aromatic rings. The molecule has 0 aliphatic carbocycles. The minimum Gasteiger partial charge on any atom is -0.355 e. The highest BCUT2D eigenvalue weighted by Crippen LogP contribution is 2.35. The van der Waals surface area contributed by atoms with Crippen molar-refractivity contribution in [3.8, 4) is 0 Å². The van der Waals surface area contributed by atoms with Crippen LogP contribution in [0.4, 0.5) is 14.6 Å². The average molecular weight is 434 g/mol. The zero-order valence-electron chi connectivity index (χ0n) is 16.2. The number of rotatable bonds is 4. The first kappa shape index (κ1) is 19.3. The number of aryl methyl sites for hydroxylation is 1. The predicted molar refractivity (Wildman–Crippen MR) is 105 cm³/mol. The Kier molecular flexibility index (Phi) is 4.47. The van der Waals surface area contributed by atoms with E-state index in [-0.39, 0.29) is 17.4 Å². The molecule has 5 rings (SSSR count). The lowest BCUT2D eigenvalue weighted by molar-refractivity contribution is 0.452. The number of fused-ring (bicyclic) bond motifs is 2. The number of hydrogen-bond acceptors (Lipinski definition) is 6. The molecule has 0 radical (unpaired) electrons. The molecular formula is C19H20F2N6O2S. The fourth-order valence-electron chi connectivity index (χ4n) is 4.42. The normalized spacial score (nSPS) is 22.2. The molecule has 2 saturated heterocycles. The molecule has 0 spiro atoms.